The number of benzene rings is 1. The Hall–Kier alpha value is -2.28. The number of nitrogens with one attached hydrogen (secondary N) is 2. The molecule has 1 aromatic rings. The summed E-state index contributed by atoms with van der Waals surface area (Å²) in [6.45, 7) is 1.72. The third-order valence-corrected chi connectivity index (χ3v) is 4.69. The van der Waals surface area contributed by atoms with Crippen LogP contribution in [-0.2, 0) is 9.53 Å². The van der Waals surface area contributed by atoms with E-state index >= 15 is 0 Å². The van der Waals surface area contributed by atoms with Crippen molar-refractivity contribution in [2.24, 2.45) is 5.92 Å². The zero-order chi connectivity index (χ0) is 19.1. The molecule has 1 aliphatic rings. The molecule has 1 fully saturated rings. The van der Waals surface area contributed by atoms with Crippen LogP contribution in [0.25, 0.3) is 0 Å². The molecule has 0 bridgehead atoms. The topological polar surface area (TPSA) is 93.7 Å². The highest BCUT2D eigenvalue weighted by atomic mass is 35.5. The molecule has 2 unspecified atom stereocenters. The van der Waals surface area contributed by atoms with Crippen LogP contribution >= 0.6 is 11.6 Å². The maximum Gasteiger partial charge on any atom is 0.337 e. The Kier molecular flexibility index (Phi) is 7.26. The van der Waals surface area contributed by atoms with Crippen molar-refractivity contribution in [3.63, 3.8) is 0 Å². The third-order valence-electron chi connectivity index (χ3n) is 4.39. The largest absolute Gasteiger partial charge is 0.482 e. The Balaban J connectivity index is 1.81. The van der Waals surface area contributed by atoms with Crippen LogP contribution in [0.1, 0.15) is 43.0 Å². The first kappa shape index (κ1) is 20.0. The van der Waals surface area contributed by atoms with Gasteiger partial charge in [-0.25, -0.2) is 9.59 Å². The molecule has 0 radical (unpaired) electrons. The number of hydrogen-bond acceptors (Lipinski definition) is 5. The molecule has 1 aliphatic carbocycles. The van der Waals surface area contributed by atoms with Gasteiger partial charge in [0.25, 0.3) is 5.91 Å². The van der Waals surface area contributed by atoms with Crippen LogP contribution < -0.4 is 15.4 Å². The molecular weight excluding hydrogens is 360 g/mol. The zero-order valence-corrected chi connectivity index (χ0v) is 15.6. The molecule has 2 atom stereocenters. The maximum atomic E-state index is 11.9. The lowest BCUT2D eigenvalue weighted by molar-refractivity contribution is -0.122. The molecule has 26 heavy (non-hydrogen) atoms. The molecule has 1 aromatic carbocycles. The lowest BCUT2D eigenvalue weighted by Gasteiger charge is -2.29. The van der Waals surface area contributed by atoms with Gasteiger partial charge in [0, 0.05) is 6.04 Å². The summed E-state index contributed by atoms with van der Waals surface area (Å²) in [7, 11) is 1.27. The Labute approximate surface area is 157 Å². The van der Waals surface area contributed by atoms with Gasteiger partial charge in [-0.3, -0.25) is 10.1 Å². The molecule has 0 aliphatic heterocycles. The van der Waals surface area contributed by atoms with Crippen LogP contribution in [0.3, 0.4) is 0 Å². The Morgan fingerprint density at radius 2 is 1.96 bits per heavy atom. The molecular formula is C18H23ClN2O5. The van der Waals surface area contributed by atoms with Gasteiger partial charge in [0.15, 0.2) is 6.61 Å². The molecule has 0 spiro atoms. The number of carbonyl (C=O) groups is 3. The summed E-state index contributed by atoms with van der Waals surface area (Å²) in [5.41, 5.74) is 0.273. The summed E-state index contributed by atoms with van der Waals surface area (Å²) in [6, 6.07) is 3.88. The maximum absolute atomic E-state index is 11.9. The number of hydrogen-bond donors (Lipinski definition) is 2. The average molecular weight is 383 g/mol. The standard InChI is InChI=1S/C18H23ClN2O5/c1-11-5-3-4-6-14(11)20-18(24)21-16(22)10-26-15-8-7-12(9-13(15)19)17(23)25-2/h7-9,11,14H,3-6,10H2,1-2H3,(H2,20,21,22,24). The van der Waals surface area contributed by atoms with E-state index in [0.29, 0.717) is 5.92 Å². The molecule has 8 heteroatoms. The summed E-state index contributed by atoms with van der Waals surface area (Å²) in [5.74, 6) is -0.479. The van der Waals surface area contributed by atoms with Crippen LogP contribution in [0.5, 0.6) is 5.75 Å². The van der Waals surface area contributed by atoms with Crippen molar-refractivity contribution in [3.8, 4) is 5.75 Å². The molecule has 3 amide bonds. The van der Waals surface area contributed by atoms with Crippen molar-refractivity contribution in [2.45, 2.75) is 38.6 Å². The van der Waals surface area contributed by atoms with E-state index in [-0.39, 0.29) is 29.0 Å². The van der Waals surface area contributed by atoms with E-state index in [0.717, 1.165) is 19.3 Å². The van der Waals surface area contributed by atoms with E-state index in [1.807, 2.05) is 0 Å². The van der Waals surface area contributed by atoms with Crippen LogP contribution in [0.15, 0.2) is 18.2 Å². The van der Waals surface area contributed by atoms with Gasteiger partial charge in [-0.05, 0) is 37.0 Å². The zero-order valence-electron chi connectivity index (χ0n) is 14.8. The highest BCUT2D eigenvalue weighted by Gasteiger charge is 2.23. The van der Waals surface area contributed by atoms with E-state index in [4.69, 9.17) is 16.3 Å². The van der Waals surface area contributed by atoms with Gasteiger partial charge in [-0.15, -0.1) is 0 Å². The van der Waals surface area contributed by atoms with E-state index in [1.165, 1.54) is 31.7 Å². The number of ether oxygens (including phenoxy) is 2. The molecule has 0 heterocycles. The summed E-state index contributed by atoms with van der Waals surface area (Å²) >= 11 is 6.02. The average Bonchev–Trinajstić information content (AvgIpc) is 2.61. The summed E-state index contributed by atoms with van der Waals surface area (Å²) in [6.07, 6.45) is 4.24. The van der Waals surface area contributed by atoms with Gasteiger partial charge < -0.3 is 14.8 Å². The first-order valence-electron chi connectivity index (χ1n) is 8.51. The Morgan fingerprint density at radius 3 is 2.62 bits per heavy atom. The molecule has 0 aromatic heterocycles. The van der Waals surface area contributed by atoms with Crippen molar-refractivity contribution >= 4 is 29.5 Å². The molecule has 142 valence electrons. The van der Waals surface area contributed by atoms with Gasteiger partial charge in [0.05, 0.1) is 17.7 Å². The highest BCUT2D eigenvalue weighted by Crippen LogP contribution is 2.26. The number of rotatable bonds is 5. The second kappa shape index (κ2) is 9.43. The second-order valence-corrected chi connectivity index (χ2v) is 6.72. The lowest BCUT2D eigenvalue weighted by atomic mass is 9.86. The molecule has 2 rings (SSSR count). The summed E-state index contributed by atoms with van der Waals surface area (Å²) in [5, 5.41) is 5.24. The molecule has 7 nitrogen and oxygen atoms in total. The summed E-state index contributed by atoms with van der Waals surface area (Å²) in [4.78, 5) is 35.2. The van der Waals surface area contributed by atoms with Gasteiger partial charge >= 0.3 is 12.0 Å². The number of imide groups is 1. The van der Waals surface area contributed by atoms with E-state index in [2.05, 4.69) is 22.3 Å². The Bertz CT molecular complexity index is 680. The monoisotopic (exact) mass is 382 g/mol. The van der Waals surface area contributed by atoms with Gasteiger partial charge in [0.1, 0.15) is 5.75 Å². The molecule has 1 saturated carbocycles. The van der Waals surface area contributed by atoms with Gasteiger partial charge in [-0.1, -0.05) is 31.4 Å². The normalized spacial score (nSPS) is 19.3. The van der Waals surface area contributed by atoms with E-state index < -0.39 is 17.9 Å². The predicted octanol–water partition coefficient (Wildman–Crippen LogP) is 2.91. The number of amides is 3. The number of halogens is 1. The fourth-order valence-electron chi connectivity index (χ4n) is 2.90. The van der Waals surface area contributed by atoms with Crippen molar-refractivity contribution in [3.05, 3.63) is 28.8 Å². The van der Waals surface area contributed by atoms with E-state index in [1.54, 1.807) is 0 Å². The van der Waals surface area contributed by atoms with Crippen LogP contribution in [-0.4, -0.2) is 37.7 Å². The van der Waals surface area contributed by atoms with Crippen LogP contribution in [0.4, 0.5) is 4.79 Å². The minimum atomic E-state index is -0.584. The smallest absolute Gasteiger partial charge is 0.337 e. The Morgan fingerprint density at radius 1 is 1.23 bits per heavy atom. The fourth-order valence-corrected chi connectivity index (χ4v) is 3.14. The fraction of sp³-hybridized carbons (Fsp3) is 0.500. The predicted molar refractivity (Wildman–Crippen MR) is 96.4 cm³/mol. The quantitative estimate of drug-likeness (QED) is 0.763. The van der Waals surface area contributed by atoms with E-state index in [9.17, 15) is 14.4 Å². The van der Waals surface area contributed by atoms with Crippen molar-refractivity contribution in [2.75, 3.05) is 13.7 Å². The minimum Gasteiger partial charge on any atom is -0.482 e. The SMILES string of the molecule is COC(=O)c1ccc(OCC(=O)NC(=O)NC2CCCCC2C)c(Cl)c1. The number of esters is 1. The lowest BCUT2D eigenvalue weighted by Crippen LogP contribution is -2.48. The van der Waals surface area contributed by atoms with Gasteiger partial charge in [-0.2, -0.15) is 0 Å². The van der Waals surface area contributed by atoms with Crippen molar-refractivity contribution in [1.29, 1.82) is 0 Å². The first-order valence-corrected chi connectivity index (χ1v) is 8.89. The number of carbonyl (C=O) groups excluding carboxylic acids is 3. The van der Waals surface area contributed by atoms with Crippen molar-refractivity contribution < 1.29 is 23.9 Å². The third kappa shape index (κ3) is 5.62. The van der Waals surface area contributed by atoms with Crippen molar-refractivity contribution in [1.82, 2.24) is 10.6 Å². The highest BCUT2D eigenvalue weighted by molar-refractivity contribution is 6.32. The van der Waals surface area contributed by atoms with Crippen LogP contribution in [0.2, 0.25) is 5.02 Å². The number of methoxy groups -OCH3 is 1. The molecule has 2 N–H and O–H groups in total. The summed E-state index contributed by atoms with van der Waals surface area (Å²) < 4.78 is 9.90. The second-order valence-electron chi connectivity index (χ2n) is 6.32. The van der Waals surface area contributed by atoms with Crippen LogP contribution in [0, 0.1) is 5.92 Å². The molecule has 0 saturated heterocycles. The van der Waals surface area contributed by atoms with Gasteiger partial charge in [0.2, 0.25) is 0 Å². The minimum absolute atomic E-state index is 0.0813. The first-order chi connectivity index (χ1) is 12.4. The number of urea groups is 1.